The van der Waals surface area contributed by atoms with E-state index < -0.39 is 0 Å². The average molecular weight is 395 g/mol. The molecule has 0 atom stereocenters. The van der Waals surface area contributed by atoms with Gasteiger partial charge in [0.15, 0.2) is 0 Å². The second-order valence-electron chi connectivity index (χ2n) is 7.02. The van der Waals surface area contributed by atoms with Crippen molar-refractivity contribution in [1.29, 1.82) is 0 Å². The average Bonchev–Trinajstić information content (AvgIpc) is 2.77. The van der Waals surface area contributed by atoms with Crippen molar-refractivity contribution in [2.45, 2.75) is 13.8 Å². The summed E-state index contributed by atoms with van der Waals surface area (Å²) in [7, 11) is 0. The first-order chi connectivity index (χ1) is 14.6. The van der Waals surface area contributed by atoms with E-state index in [0.29, 0.717) is 11.3 Å². The van der Waals surface area contributed by atoms with Crippen LogP contribution in [-0.2, 0) is 0 Å². The van der Waals surface area contributed by atoms with E-state index in [0.717, 1.165) is 27.9 Å². The Hall–Kier alpha value is -3.99. The summed E-state index contributed by atoms with van der Waals surface area (Å²) in [6.45, 7) is 4.06. The molecule has 0 saturated carbocycles. The number of aromatic nitrogens is 2. The molecule has 3 aromatic carbocycles. The van der Waals surface area contributed by atoms with Gasteiger partial charge >= 0.3 is 6.01 Å². The van der Waals surface area contributed by atoms with Gasteiger partial charge in [0.05, 0.1) is 0 Å². The molecule has 0 bridgehead atoms. The van der Waals surface area contributed by atoms with Crippen molar-refractivity contribution in [1.82, 2.24) is 9.97 Å². The molecule has 0 fully saturated rings. The molecule has 0 aliphatic heterocycles. The zero-order valence-electron chi connectivity index (χ0n) is 16.8. The van der Waals surface area contributed by atoms with Gasteiger partial charge in [0, 0.05) is 29.2 Å². The predicted octanol–water partition coefficient (Wildman–Crippen LogP) is 5.81. The third kappa shape index (κ3) is 4.52. The molecule has 4 rings (SSSR count). The normalized spacial score (nSPS) is 10.5. The molecule has 148 valence electrons. The molecule has 1 heterocycles. The topological polar surface area (TPSA) is 64.1 Å². The molecule has 1 amide bonds. The Kier molecular flexibility index (Phi) is 5.52. The van der Waals surface area contributed by atoms with Gasteiger partial charge in [-0.1, -0.05) is 42.0 Å². The summed E-state index contributed by atoms with van der Waals surface area (Å²) in [6, 6.07) is 22.9. The van der Waals surface area contributed by atoms with Crippen LogP contribution < -0.4 is 10.1 Å². The lowest BCUT2D eigenvalue weighted by atomic mass is 10.0. The molecule has 0 aliphatic carbocycles. The van der Waals surface area contributed by atoms with E-state index in [2.05, 4.69) is 28.3 Å². The molecule has 1 N–H and O–H groups in total. The first-order valence-electron chi connectivity index (χ1n) is 9.62. The van der Waals surface area contributed by atoms with Gasteiger partial charge in [-0.15, -0.1) is 0 Å². The summed E-state index contributed by atoms with van der Waals surface area (Å²) >= 11 is 0. The molecular weight excluding hydrogens is 374 g/mol. The van der Waals surface area contributed by atoms with Gasteiger partial charge in [0.2, 0.25) is 0 Å². The molecule has 4 aromatic rings. The molecule has 0 unspecified atom stereocenters. The number of carbonyl (C=O) groups is 1. The quantitative estimate of drug-likeness (QED) is 0.463. The fraction of sp³-hybridized carbons (Fsp3) is 0.0800. The van der Waals surface area contributed by atoms with E-state index in [-0.39, 0.29) is 11.9 Å². The van der Waals surface area contributed by atoms with Gasteiger partial charge in [-0.05, 0) is 61.4 Å². The number of aryl methyl sites for hydroxylation is 2. The van der Waals surface area contributed by atoms with E-state index in [1.807, 2.05) is 49.4 Å². The Morgan fingerprint density at radius 1 is 0.833 bits per heavy atom. The molecule has 1 aromatic heterocycles. The lowest BCUT2D eigenvalue weighted by Crippen LogP contribution is -2.11. The van der Waals surface area contributed by atoms with Crippen molar-refractivity contribution >= 4 is 11.6 Å². The minimum Gasteiger partial charge on any atom is -0.424 e. The van der Waals surface area contributed by atoms with Crippen LogP contribution in [0.1, 0.15) is 21.5 Å². The van der Waals surface area contributed by atoms with Gasteiger partial charge in [0.1, 0.15) is 5.75 Å². The molecule has 30 heavy (non-hydrogen) atoms. The van der Waals surface area contributed by atoms with Crippen LogP contribution in [0.15, 0.2) is 85.2 Å². The summed E-state index contributed by atoms with van der Waals surface area (Å²) in [5.74, 6) is 0.384. The largest absolute Gasteiger partial charge is 0.424 e. The summed E-state index contributed by atoms with van der Waals surface area (Å²) in [5, 5.41) is 2.88. The molecule has 0 radical (unpaired) electrons. The van der Waals surface area contributed by atoms with Crippen LogP contribution in [0.2, 0.25) is 0 Å². The summed E-state index contributed by atoms with van der Waals surface area (Å²) in [5.41, 5.74) is 5.63. The Labute approximate surface area is 175 Å². The van der Waals surface area contributed by atoms with E-state index in [9.17, 15) is 4.79 Å². The Balaban J connectivity index is 1.41. The number of amides is 1. The highest BCUT2D eigenvalue weighted by Crippen LogP contribution is 2.24. The number of hydrogen-bond acceptors (Lipinski definition) is 4. The van der Waals surface area contributed by atoms with E-state index in [4.69, 9.17) is 4.74 Å². The Morgan fingerprint density at radius 3 is 2.17 bits per heavy atom. The van der Waals surface area contributed by atoms with Gasteiger partial charge in [-0.2, -0.15) is 0 Å². The minimum atomic E-state index is -0.177. The highest BCUT2D eigenvalue weighted by molar-refractivity contribution is 6.04. The van der Waals surface area contributed by atoms with Crippen molar-refractivity contribution in [3.63, 3.8) is 0 Å². The second-order valence-corrected chi connectivity index (χ2v) is 7.02. The molecular formula is C25H21N3O2. The standard InChI is InChI=1S/C25H21N3O2/c1-17-7-11-21(12-8-17)28-24(29)19-9-13-22(14-10-19)30-25-26-15-20(16-27-25)23-6-4-3-5-18(23)2/h3-16H,1-2H3,(H,28,29). The highest BCUT2D eigenvalue weighted by atomic mass is 16.5. The Morgan fingerprint density at radius 2 is 1.50 bits per heavy atom. The third-order valence-electron chi connectivity index (χ3n) is 4.72. The number of anilines is 1. The molecule has 5 nitrogen and oxygen atoms in total. The predicted molar refractivity (Wildman–Crippen MR) is 118 cm³/mol. The molecule has 0 spiro atoms. The first-order valence-corrected chi connectivity index (χ1v) is 9.62. The summed E-state index contributed by atoms with van der Waals surface area (Å²) in [4.78, 5) is 21.0. The molecule has 5 heteroatoms. The number of nitrogens with zero attached hydrogens (tertiary/aromatic N) is 2. The van der Waals surface area contributed by atoms with Crippen LogP contribution >= 0.6 is 0 Å². The van der Waals surface area contributed by atoms with Crippen molar-refractivity contribution in [2.24, 2.45) is 0 Å². The monoisotopic (exact) mass is 395 g/mol. The fourth-order valence-electron chi connectivity index (χ4n) is 3.02. The summed E-state index contributed by atoms with van der Waals surface area (Å²) < 4.78 is 5.71. The lowest BCUT2D eigenvalue weighted by molar-refractivity contribution is 0.102. The maximum absolute atomic E-state index is 12.4. The van der Waals surface area contributed by atoms with E-state index >= 15 is 0 Å². The fourth-order valence-corrected chi connectivity index (χ4v) is 3.02. The number of benzene rings is 3. The molecule has 0 saturated heterocycles. The lowest BCUT2D eigenvalue weighted by Gasteiger charge is -2.08. The maximum atomic E-state index is 12.4. The van der Waals surface area contributed by atoms with Crippen LogP contribution in [0, 0.1) is 13.8 Å². The van der Waals surface area contributed by atoms with Crippen molar-refractivity contribution < 1.29 is 9.53 Å². The van der Waals surface area contributed by atoms with Gasteiger partial charge in [-0.25, -0.2) is 9.97 Å². The van der Waals surface area contributed by atoms with Gasteiger partial charge in [0.25, 0.3) is 5.91 Å². The van der Waals surface area contributed by atoms with Crippen LogP contribution in [0.3, 0.4) is 0 Å². The number of rotatable bonds is 5. The van der Waals surface area contributed by atoms with Crippen molar-refractivity contribution in [3.8, 4) is 22.9 Å². The minimum absolute atomic E-state index is 0.177. The van der Waals surface area contributed by atoms with Gasteiger partial charge in [-0.3, -0.25) is 4.79 Å². The van der Waals surface area contributed by atoms with E-state index in [1.54, 1.807) is 36.7 Å². The van der Waals surface area contributed by atoms with Gasteiger partial charge < -0.3 is 10.1 Å². The third-order valence-corrected chi connectivity index (χ3v) is 4.72. The van der Waals surface area contributed by atoms with Crippen LogP contribution in [-0.4, -0.2) is 15.9 Å². The smallest absolute Gasteiger partial charge is 0.321 e. The second kappa shape index (κ2) is 8.57. The first kappa shape index (κ1) is 19.3. The zero-order chi connectivity index (χ0) is 20.9. The number of ether oxygens (including phenoxy) is 1. The zero-order valence-corrected chi connectivity index (χ0v) is 16.8. The van der Waals surface area contributed by atoms with E-state index in [1.165, 1.54) is 0 Å². The maximum Gasteiger partial charge on any atom is 0.321 e. The number of carbonyl (C=O) groups excluding carboxylic acids is 1. The molecule has 0 aliphatic rings. The van der Waals surface area contributed by atoms with Crippen molar-refractivity contribution in [2.75, 3.05) is 5.32 Å². The Bertz CT molecular complexity index is 1150. The SMILES string of the molecule is Cc1ccc(NC(=O)c2ccc(Oc3ncc(-c4ccccc4C)cn3)cc2)cc1. The number of nitrogens with one attached hydrogen (secondary N) is 1. The summed E-state index contributed by atoms with van der Waals surface area (Å²) in [6.07, 6.45) is 3.49. The van der Waals surface area contributed by atoms with Crippen molar-refractivity contribution in [3.05, 3.63) is 102 Å². The van der Waals surface area contributed by atoms with Crippen LogP contribution in [0.5, 0.6) is 11.8 Å². The number of hydrogen-bond donors (Lipinski definition) is 1. The van der Waals surface area contributed by atoms with Crippen LogP contribution in [0.4, 0.5) is 5.69 Å². The van der Waals surface area contributed by atoms with Crippen LogP contribution in [0.25, 0.3) is 11.1 Å². The highest BCUT2D eigenvalue weighted by Gasteiger charge is 2.08.